The van der Waals surface area contributed by atoms with Gasteiger partial charge in [0.2, 0.25) is 0 Å². The van der Waals surface area contributed by atoms with Gasteiger partial charge in [0.15, 0.2) is 0 Å². The predicted octanol–water partition coefficient (Wildman–Crippen LogP) is 2.46. The van der Waals surface area contributed by atoms with Crippen molar-refractivity contribution in [3.63, 3.8) is 0 Å². The molecule has 1 N–H and O–H groups in total. The van der Waals surface area contributed by atoms with Crippen molar-refractivity contribution in [2.24, 2.45) is 0 Å². The Kier molecular flexibility index (Phi) is 8.89. The van der Waals surface area contributed by atoms with Crippen LogP contribution in [0.1, 0.15) is 17.4 Å². The SMILES string of the molecule is CCOC(=O)CN(C(=O)c1ccc[nH]1)c1ccccn1.Cl.Cl. The van der Waals surface area contributed by atoms with Gasteiger partial charge in [0.05, 0.1) is 6.61 Å². The molecule has 6 nitrogen and oxygen atoms in total. The minimum absolute atomic E-state index is 0. The second-order valence-electron chi connectivity index (χ2n) is 3.97. The molecule has 120 valence electrons. The average Bonchev–Trinajstić information content (AvgIpc) is 2.99. The molecule has 0 atom stereocenters. The third kappa shape index (κ3) is 5.05. The fraction of sp³-hybridized carbons (Fsp3) is 0.214. The summed E-state index contributed by atoms with van der Waals surface area (Å²) < 4.78 is 4.89. The summed E-state index contributed by atoms with van der Waals surface area (Å²) in [5.41, 5.74) is 0.389. The molecule has 0 aliphatic carbocycles. The number of amides is 1. The van der Waals surface area contributed by atoms with E-state index in [9.17, 15) is 9.59 Å². The summed E-state index contributed by atoms with van der Waals surface area (Å²) in [5.74, 6) is -0.403. The van der Waals surface area contributed by atoms with Crippen LogP contribution < -0.4 is 4.90 Å². The lowest BCUT2D eigenvalue weighted by molar-refractivity contribution is -0.141. The minimum Gasteiger partial charge on any atom is -0.465 e. The van der Waals surface area contributed by atoms with E-state index in [1.165, 1.54) is 4.90 Å². The molecule has 1 amide bonds. The number of esters is 1. The highest BCUT2D eigenvalue weighted by Crippen LogP contribution is 2.13. The van der Waals surface area contributed by atoms with E-state index in [-0.39, 0.29) is 43.9 Å². The molecule has 0 spiro atoms. The number of halogens is 2. The predicted molar refractivity (Wildman–Crippen MR) is 87.8 cm³/mol. The molecule has 0 aromatic carbocycles. The Labute approximate surface area is 140 Å². The van der Waals surface area contributed by atoms with Crippen LogP contribution in [0.25, 0.3) is 0 Å². The number of hydrogen-bond acceptors (Lipinski definition) is 4. The molecule has 2 aromatic heterocycles. The van der Waals surface area contributed by atoms with Crippen molar-refractivity contribution in [1.29, 1.82) is 0 Å². The Morgan fingerprint density at radius 1 is 1.23 bits per heavy atom. The third-order valence-corrected chi connectivity index (χ3v) is 2.59. The lowest BCUT2D eigenvalue weighted by Gasteiger charge is -2.20. The summed E-state index contributed by atoms with van der Waals surface area (Å²) in [6, 6.07) is 8.52. The highest BCUT2D eigenvalue weighted by Gasteiger charge is 2.22. The van der Waals surface area contributed by atoms with Gasteiger partial charge >= 0.3 is 5.97 Å². The van der Waals surface area contributed by atoms with Crippen LogP contribution in [0.2, 0.25) is 0 Å². The average molecular weight is 346 g/mol. The van der Waals surface area contributed by atoms with E-state index in [1.54, 1.807) is 49.6 Å². The number of pyridine rings is 1. The van der Waals surface area contributed by atoms with Crippen LogP contribution in [-0.4, -0.2) is 35.0 Å². The molecule has 0 aliphatic rings. The molecule has 2 aromatic rings. The lowest BCUT2D eigenvalue weighted by atomic mass is 10.3. The number of nitrogens with zero attached hydrogens (tertiary/aromatic N) is 2. The number of nitrogens with one attached hydrogen (secondary N) is 1. The standard InChI is InChI=1S/C14H15N3O3.2ClH/c1-2-20-13(18)10-17(12-7-3-4-8-16-12)14(19)11-6-5-9-15-11;;/h3-9,15H,2,10H2,1H3;2*1H. The Morgan fingerprint density at radius 2 is 2.00 bits per heavy atom. The molecule has 0 unspecified atom stereocenters. The maximum Gasteiger partial charge on any atom is 0.326 e. The van der Waals surface area contributed by atoms with Gasteiger partial charge in [0.25, 0.3) is 5.91 Å². The first-order valence-corrected chi connectivity index (χ1v) is 6.24. The van der Waals surface area contributed by atoms with E-state index in [4.69, 9.17) is 4.74 Å². The smallest absolute Gasteiger partial charge is 0.326 e. The fourth-order valence-corrected chi connectivity index (χ4v) is 1.71. The summed E-state index contributed by atoms with van der Waals surface area (Å²) in [5, 5.41) is 0. The van der Waals surface area contributed by atoms with Gasteiger partial charge in [-0.25, -0.2) is 4.98 Å². The largest absolute Gasteiger partial charge is 0.465 e. The first kappa shape index (κ1) is 19.9. The second kappa shape index (κ2) is 9.81. The van der Waals surface area contributed by atoms with Gasteiger partial charge in [-0.1, -0.05) is 6.07 Å². The van der Waals surface area contributed by atoms with Crippen LogP contribution in [0.15, 0.2) is 42.7 Å². The number of hydrogen-bond donors (Lipinski definition) is 1. The van der Waals surface area contributed by atoms with Crippen molar-refractivity contribution in [1.82, 2.24) is 9.97 Å². The molecule has 22 heavy (non-hydrogen) atoms. The maximum atomic E-state index is 12.4. The van der Waals surface area contributed by atoms with Crippen molar-refractivity contribution in [2.45, 2.75) is 6.92 Å². The van der Waals surface area contributed by atoms with Gasteiger partial charge in [0.1, 0.15) is 18.1 Å². The summed E-state index contributed by atoms with van der Waals surface area (Å²) in [4.78, 5) is 32.2. The van der Waals surface area contributed by atoms with Gasteiger partial charge in [0, 0.05) is 12.4 Å². The van der Waals surface area contributed by atoms with E-state index in [0.717, 1.165) is 0 Å². The maximum absolute atomic E-state index is 12.4. The molecule has 2 heterocycles. The first-order valence-electron chi connectivity index (χ1n) is 6.24. The number of H-pyrrole nitrogens is 1. The van der Waals surface area contributed by atoms with E-state index < -0.39 is 5.97 Å². The zero-order valence-electron chi connectivity index (χ0n) is 11.9. The molecule has 0 radical (unpaired) electrons. The van der Waals surface area contributed by atoms with Crippen LogP contribution >= 0.6 is 24.8 Å². The van der Waals surface area contributed by atoms with E-state index in [1.807, 2.05) is 0 Å². The molecular formula is C14H17Cl2N3O3. The highest BCUT2D eigenvalue weighted by atomic mass is 35.5. The number of rotatable bonds is 5. The Hall–Kier alpha value is -2.05. The number of aromatic amines is 1. The Balaban J connectivity index is 0.00000220. The van der Waals surface area contributed by atoms with Crippen molar-refractivity contribution in [3.05, 3.63) is 48.4 Å². The van der Waals surface area contributed by atoms with Crippen molar-refractivity contribution < 1.29 is 14.3 Å². The first-order chi connectivity index (χ1) is 9.72. The second-order valence-corrected chi connectivity index (χ2v) is 3.97. The van der Waals surface area contributed by atoms with Crippen molar-refractivity contribution in [3.8, 4) is 0 Å². The van der Waals surface area contributed by atoms with Crippen LogP contribution in [0.5, 0.6) is 0 Å². The van der Waals surface area contributed by atoms with Crippen molar-refractivity contribution >= 4 is 42.5 Å². The molecule has 0 fully saturated rings. The quantitative estimate of drug-likeness (QED) is 0.844. The summed E-state index contributed by atoms with van der Waals surface area (Å²) in [6.45, 7) is 1.81. The Morgan fingerprint density at radius 3 is 2.55 bits per heavy atom. The van der Waals surface area contributed by atoms with E-state index >= 15 is 0 Å². The zero-order chi connectivity index (χ0) is 14.4. The summed E-state index contributed by atoms with van der Waals surface area (Å²) in [6.07, 6.45) is 3.21. The van der Waals surface area contributed by atoms with Gasteiger partial charge in [-0.05, 0) is 31.2 Å². The molecular weight excluding hydrogens is 329 g/mol. The van der Waals surface area contributed by atoms with Gasteiger partial charge in [-0.15, -0.1) is 24.8 Å². The number of carbonyl (C=O) groups is 2. The zero-order valence-corrected chi connectivity index (χ0v) is 13.5. The fourth-order valence-electron chi connectivity index (χ4n) is 1.71. The molecule has 0 bridgehead atoms. The van der Waals surface area contributed by atoms with Gasteiger partial charge in [-0.3, -0.25) is 14.5 Å². The number of anilines is 1. The van der Waals surface area contributed by atoms with Crippen LogP contribution in [0.4, 0.5) is 5.82 Å². The Bertz CT molecular complexity index is 576. The van der Waals surface area contributed by atoms with Gasteiger partial charge in [-0.2, -0.15) is 0 Å². The third-order valence-electron chi connectivity index (χ3n) is 2.59. The molecule has 0 aliphatic heterocycles. The normalized spacial score (nSPS) is 9.14. The minimum atomic E-state index is -0.474. The number of ether oxygens (including phenoxy) is 1. The molecule has 2 rings (SSSR count). The van der Waals surface area contributed by atoms with Gasteiger partial charge < -0.3 is 9.72 Å². The van der Waals surface area contributed by atoms with E-state index in [0.29, 0.717) is 11.5 Å². The summed E-state index contributed by atoms with van der Waals surface area (Å²) in [7, 11) is 0. The monoisotopic (exact) mass is 345 g/mol. The topological polar surface area (TPSA) is 75.3 Å². The highest BCUT2D eigenvalue weighted by molar-refractivity contribution is 6.06. The lowest BCUT2D eigenvalue weighted by Crippen LogP contribution is -2.37. The van der Waals surface area contributed by atoms with Crippen molar-refractivity contribution in [2.75, 3.05) is 18.1 Å². The van der Waals surface area contributed by atoms with Crippen LogP contribution in [0.3, 0.4) is 0 Å². The molecule has 8 heteroatoms. The van der Waals surface area contributed by atoms with E-state index in [2.05, 4.69) is 9.97 Å². The number of aromatic nitrogens is 2. The molecule has 0 saturated heterocycles. The number of carbonyl (C=O) groups excluding carboxylic acids is 2. The van der Waals surface area contributed by atoms with Crippen LogP contribution in [-0.2, 0) is 9.53 Å². The molecule has 0 saturated carbocycles. The summed E-state index contributed by atoms with van der Waals surface area (Å²) >= 11 is 0. The van der Waals surface area contributed by atoms with Crippen LogP contribution in [0, 0.1) is 0 Å².